The molecule has 3 aromatic carbocycles. The van der Waals surface area contributed by atoms with E-state index in [1.165, 1.54) is 49.6 Å². The van der Waals surface area contributed by atoms with Gasteiger partial charge in [0.1, 0.15) is 5.75 Å². The predicted molar refractivity (Wildman–Crippen MR) is 118 cm³/mol. The van der Waals surface area contributed by atoms with Crippen LogP contribution in [-0.2, 0) is 22.7 Å². The fourth-order valence-electron chi connectivity index (χ4n) is 3.02. The molecule has 0 radical (unpaired) electrons. The number of alkyl halides is 3. The van der Waals surface area contributed by atoms with Crippen LogP contribution in [0.3, 0.4) is 0 Å². The lowest BCUT2D eigenvalue weighted by molar-refractivity contribution is -0.137. The quantitative estimate of drug-likeness (QED) is 0.513. The van der Waals surface area contributed by atoms with E-state index in [1.54, 1.807) is 19.1 Å². The minimum atomic E-state index is -4.49. The molecular formula is C23H21F3N2O4S. The molecule has 10 heteroatoms. The fourth-order valence-corrected chi connectivity index (χ4v) is 4.11. The Labute approximate surface area is 189 Å². The molecule has 0 saturated carbocycles. The maximum Gasteiger partial charge on any atom is 0.416 e. The van der Waals surface area contributed by atoms with Crippen LogP contribution in [0.2, 0.25) is 0 Å². The van der Waals surface area contributed by atoms with E-state index in [-0.39, 0.29) is 22.6 Å². The Morgan fingerprint density at radius 2 is 1.70 bits per heavy atom. The van der Waals surface area contributed by atoms with Crippen molar-refractivity contribution in [2.75, 3.05) is 11.8 Å². The number of carbonyl (C=O) groups excluding carboxylic acids is 1. The SMILES string of the molecule is COc1ccc(NS(=O)(=O)c2ccc(C)c(C(=O)NCc3cccc(C(F)(F)F)c3)c2)cc1. The highest BCUT2D eigenvalue weighted by molar-refractivity contribution is 7.92. The first-order chi connectivity index (χ1) is 15.5. The second-order valence-corrected chi connectivity index (χ2v) is 8.87. The molecule has 0 heterocycles. The molecular weight excluding hydrogens is 457 g/mol. The van der Waals surface area contributed by atoms with Crippen LogP contribution in [0.5, 0.6) is 5.75 Å². The molecule has 3 rings (SSSR count). The largest absolute Gasteiger partial charge is 0.497 e. The van der Waals surface area contributed by atoms with Gasteiger partial charge in [-0.2, -0.15) is 13.2 Å². The highest BCUT2D eigenvalue weighted by atomic mass is 32.2. The van der Waals surface area contributed by atoms with Crippen molar-refractivity contribution >= 4 is 21.6 Å². The lowest BCUT2D eigenvalue weighted by Crippen LogP contribution is -2.24. The average molecular weight is 478 g/mol. The topological polar surface area (TPSA) is 84.5 Å². The van der Waals surface area contributed by atoms with Crippen LogP contribution in [0.4, 0.5) is 18.9 Å². The first-order valence-corrected chi connectivity index (χ1v) is 11.2. The van der Waals surface area contributed by atoms with Crippen molar-refractivity contribution in [1.29, 1.82) is 0 Å². The molecule has 0 saturated heterocycles. The molecule has 33 heavy (non-hydrogen) atoms. The Morgan fingerprint density at radius 1 is 1.00 bits per heavy atom. The number of amides is 1. The van der Waals surface area contributed by atoms with E-state index in [0.29, 0.717) is 17.0 Å². The third-order valence-corrected chi connectivity index (χ3v) is 6.19. The molecule has 6 nitrogen and oxygen atoms in total. The van der Waals surface area contributed by atoms with Gasteiger partial charge in [-0.15, -0.1) is 0 Å². The van der Waals surface area contributed by atoms with Crippen LogP contribution in [0.15, 0.2) is 71.6 Å². The Balaban J connectivity index is 1.77. The van der Waals surface area contributed by atoms with Crippen molar-refractivity contribution in [3.63, 3.8) is 0 Å². The number of hydrogen-bond donors (Lipinski definition) is 2. The molecule has 0 bridgehead atoms. The van der Waals surface area contributed by atoms with Gasteiger partial charge in [-0.1, -0.05) is 18.2 Å². The zero-order valence-electron chi connectivity index (χ0n) is 17.7. The van der Waals surface area contributed by atoms with Gasteiger partial charge < -0.3 is 10.1 Å². The van der Waals surface area contributed by atoms with Crippen LogP contribution in [0, 0.1) is 6.92 Å². The summed E-state index contributed by atoms with van der Waals surface area (Å²) in [4.78, 5) is 12.5. The Morgan fingerprint density at radius 3 is 2.33 bits per heavy atom. The van der Waals surface area contributed by atoms with Gasteiger partial charge in [-0.25, -0.2) is 8.42 Å². The number of ether oxygens (including phenoxy) is 1. The van der Waals surface area contributed by atoms with Crippen LogP contribution >= 0.6 is 0 Å². The number of benzene rings is 3. The summed E-state index contributed by atoms with van der Waals surface area (Å²) in [5.41, 5.74) is 0.371. The van der Waals surface area contributed by atoms with Crippen LogP contribution in [-0.4, -0.2) is 21.4 Å². The number of anilines is 1. The van der Waals surface area contributed by atoms with Crippen molar-refractivity contribution in [2.45, 2.75) is 24.5 Å². The summed E-state index contributed by atoms with van der Waals surface area (Å²) in [7, 11) is -2.50. The maximum atomic E-state index is 12.9. The highest BCUT2D eigenvalue weighted by Gasteiger charge is 2.30. The molecule has 0 aliphatic heterocycles. The van der Waals surface area contributed by atoms with Gasteiger partial charge in [-0.05, 0) is 66.6 Å². The second-order valence-electron chi connectivity index (χ2n) is 7.19. The van der Waals surface area contributed by atoms with Gasteiger partial charge >= 0.3 is 6.18 Å². The summed E-state index contributed by atoms with van der Waals surface area (Å²) >= 11 is 0. The van der Waals surface area contributed by atoms with Crippen LogP contribution in [0.25, 0.3) is 0 Å². The third-order valence-electron chi connectivity index (χ3n) is 4.81. The lowest BCUT2D eigenvalue weighted by atomic mass is 10.1. The van der Waals surface area contributed by atoms with E-state index in [9.17, 15) is 26.4 Å². The zero-order chi connectivity index (χ0) is 24.2. The van der Waals surface area contributed by atoms with Crippen molar-refractivity contribution in [3.05, 3.63) is 89.0 Å². The number of rotatable bonds is 7. The second kappa shape index (κ2) is 9.53. The molecule has 0 aromatic heterocycles. The standard InChI is InChI=1S/C23H21F3N2O4S/c1-15-6-11-20(33(30,31)28-18-7-9-19(32-2)10-8-18)13-21(15)22(29)27-14-16-4-3-5-17(12-16)23(24,25)26/h3-13,28H,14H2,1-2H3,(H,27,29). The molecule has 1 amide bonds. The summed E-state index contributed by atoms with van der Waals surface area (Å²) in [5.74, 6) is -0.0422. The fraction of sp³-hybridized carbons (Fsp3) is 0.174. The van der Waals surface area contributed by atoms with E-state index in [4.69, 9.17) is 4.74 Å². The Kier molecular flexibility index (Phi) is 6.97. The first-order valence-electron chi connectivity index (χ1n) is 9.71. The van der Waals surface area contributed by atoms with Crippen molar-refractivity contribution in [2.24, 2.45) is 0 Å². The number of methoxy groups -OCH3 is 1. The number of halogens is 3. The third kappa shape index (κ3) is 6.04. The van der Waals surface area contributed by atoms with Gasteiger partial charge in [0.25, 0.3) is 15.9 Å². The molecule has 0 spiro atoms. The van der Waals surface area contributed by atoms with Gasteiger partial charge in [0.15, 0.2) is 0 Å². The highest BCUT2D eigenvalue weighted by Crippen LogP contribution is 2.29. The normalized spacial score (nSPS) is 11.7. The minimum Gasteiger partial charge on any atom is -0.497 e. The monoisotopic (exact) mass is 478 g/mol. The van der Waals surface area contributed by atoms with Crippen molar-refractivity contribution < 1.29 is 31.1 Å². The zero-order valence-corrected chi connectivity index (χ0v) is 18.5. The summed E-state index contributed by atoms with van der Waals surface area (Å²) in [6.45, 7) is 1.48. The molecule has 0 unspecified atom stereocenters. The van der Waals surface area contributed by atoms with Crippen LogP contribution in [0.1, 0.15) is 27.0 Å². The molecule has 0 fully saturated rings. The minimum absolute atomic E-state index is 0.0968. The van der Waals surface area contributed by atoms with Gasteiger partial charge in [0.05, 0.1) is 17.6 Å². The molecule has 0 aliphatic carbocycles. The summed E-state index contributed by atoms with van der Waals surface area (Å²) in [6, 6.07) is 15.0. The Hall–Kier alpha value is -3.53. The predicted octanol–water partition coefficient (Wildman–Crippen LogP) is 4.75. The molecule has 0 atom stereocenters. The van der Waals surface area contributed by atoms with Crippen molar-refractivity contribution in [1.82, 2.24) is 5.32 Å². The molecule has 0 aliphatic rings. The van der Waals surface area contributed by atoms with Gasteiger partial charge in [0.2, 0.25) is 0 Å². The van der Waals surface area contributed by atoms with Crippen LogP contribution < -0.4 is 14.8 Å². The summed E-state index contributed by atoms with van der Waals surface area (Å²) in [5, 5.41) is 2.54. The maximum absolute atomic E-state index is 12.9. The van der Waals surface area contributed by atoms with E-state index < -0.39 is 27.7 Å². The van der Waals surface area contributed by atoms with E-state index in [0.717, 1.165) is 12.1 Å². The van der Waals surface area contributed by atoms with E-state index >= 15 is 0 Å². The van der Waals surface area contributed by atoms with E-state index in [1.807, 2.05) is 0 Å². The first kappa shape index (κ1) is 24.1. The summed E-state index contributed by atoms with van der Waals surface area (Å²) < 4.78 is 71.6. The number of hydrogen-bond acceptors (Lipinski definition) is 4. The van der Waals surface area contributed by atoms with E-state index in [2.05, 4.69) is 10.0 Å². The number of sulfonamides is 1. The number of nitrogens with one attached hydrogen (secondary N) is 2. The summed E-state index contributed by atoms with van der Waals surface area (Å²) in [6.07, 6.45) is -4.49. The molecule has 2 N–H and O–H groups in total. The Bertz CT molecular complexity index is 1260. The van der Waals surface area contributed by atoms with Crippen molar-refractivity contribution in [3.8, 4) is 5.75 Å². The van der Waals surface area contributed by atoms with Gasteiger partial charge in [0, 0.05) is 17.8 Å². The molecule has 3 aromatic rings. The van der Waals surface area contributed by atoms with Gasteiger partial charge in [-0.3, -0.25) is 9.52 Å². The lowest BCUT2D eigenvalue weighted by Gasteiger charge is -2.13. The smallest absolute Gasteiger partial charge is 0.416 e. The number of aryl methyl sites for hydroxylation is 1. The average Bonchev–Trinajstić information content (AvgIpc) is 2.77. The number of carbonyl (C=O) groups is 1. The molecule has 174 valence electrons.